The first-order valence-corrected chi connectivity index (χ1v) is 10.3. The molecule has 0 spiro atoms. The molecule has 0 unspecified atom stereocenters. The van der Waals surface area contributed by atoms with Crippen LogP contribution in [-0.4, -0.2) is 24.7 Å². The molecule has 158 valence electrons. The van der Waals surface area contributed by atoms with Crippen LogP contribution in [0.2, 0.25) is 0 Å². The summed E-state index contributed by atoms with van der Waals surface area (Å²) in [5, 5.41) is 3.96. The molecule has 0 aromatic heterocycles. The third-order valence-corrected chi connectivity index (χ3v) is 4.77. The van der Waals surface area contributed by atoms with Gasteiger partial charge in [0.25, 0.3) is 5.91 Å². The zero-order chi connectivity index (χ0) is 22.2. The molecule has 0 aliphatic heterocycles. The first-order valence-electron chi connectivity index (χ1n) is 9.51. The van der Waals surface area contributed by atoms with Crippen LogP contribution in [0.25, 0.3) is 0 Å². The Morgan fingerprint density at radius 2 is 1.81 bits per heavy atom. The molecule has 1 amide bonds. The highest BCUT2D eigenvalue weighted by Gasteiger charge is 2.12. The van der Waals surface area contributed by atoms with E-state index in [1.54, 1.807) is 42.5 Å². The lowest BCUT2D eigenvalue weighted by Gasteiger charge is -2.09. The largest absolute Gasteiger partial charge is 0.483 e. The van der Waals surface area contributed by atoms with Crippen LogP contribution < -0.4 is 14.9 Å². The number of nitrogens with zero attached hydrogens (tertiary/aromatic N) is 1. The molecule has 0 aliphatic rings. The van der Waals surface area contributed by atoms with Crippen LogP contribution in [0.1, 0.15) is 27.0 Å². The molecule has 1 N–H and O–H groups in total. The molecule has 7 heteroatoms. The minimum absolute atomic E-state index is 0.171. The Balaban J connectivity index is 1.63. The lowest BCUT2D eigenvalue weighted by atomic mass is 10.1. The van der Waals surface area contributed by atoms with E-state index >= 15 is 0 Å². The number of para-hydroxylation sites is 1. The molecular formula is C24H21BrN2O4. The fourth-order valence-electron chi connectivity index (χ4n) is 2.71. The van der Waals surface area contributed by atoms with Gasteiger partial charge in [0.1, 0.15) is 11.5 Å². The van der Waals surface area contributed by atoms with E-state index < -0.39 is 11.9 Å². The number of nitrogens with one attached hydrogen (secondary N) is 1. The Bertz CT molecular complexity index is 1130. The molecule has 3 aromatic rings. The quantitative estimate of drug-likeness (QED) is 0.227. The second-order valence-corrected chi connectivity index (χ2v) is 7.70. The van der Waals surface area contributed by atoms with Gasteiger partial charge in [-0.05, 0) is 55.8 Å². The van der Waals surface area contributed by atoms with Gasteiger partial charge >= 0.3 is 5.97 Å². The van der Waals surface area contributed by atoms with E-state index in [1.165, 1.54) is 6.21 Å². The molecule has 0 bridgehead atoms. The number of ether oxygens (including phenoxy) is 2. The summed E-state index contributed by atoms with van der Waals surface area (Å²) in [4.78, 5) is 24.5. The number of carbonyl (C=O) groups is 2. The van der Waals surface area contributed by atoms with Crippen molar-refractivity contribution >= 4 is 34.0 Å². The highest BCUT2D eigenvalue weighted by molar-refractivity contribution is 9.10. The lowest BCUT2D eigenvalue weighted by Crippen LogP contribution is -2.24. The van der Waals surface area contributed by atoms with Crippen molar-refractivity contribution in [3.8, 4) is 11.5 Å². The highest BCUT2D eigenvalue weighted by Crippen LogP contribution is 2.23. The summed E-state index contributed by atoms with van der Waals surface area (Å²) in [5.41, 5.74) is 5.28. The Kier molecular flexibility index (Phi) is 7.56. The Morgan fingerprint density at radius 1 is 1.00 bits per heavy atom. The summed E-state index contributed by atoms with van der Waals surface area (Å²) in [7, 11) is 0. The van der Waals surface area contributed by atoms with Gasteiger partial charge < -0.3 is 9.47 Å². The van der Waals surface area contributed by atoms with Crippen LogP contribution in [0.5, 0.6) is 11.5 Å². The van der Waals surface area contributed by atoms with Crippen molar-refractivity contribution in [1.29, 1.82) is 0 Å². The predicted octanol–water partition coefficient (Wildman–Crippen LogP) is 4.81. The number of esters is 1. The van der Waals surface area contributed by atoms with Gasteiger partial charge in [0.2, 0.25) is 0 Å². The number of hydrogen-bond donors (Lipinski definition) is 1. The first kappa shape index (κ1) is 22.2. The van der Waals surface area contributed by atoms with Crippen molar-refractivity contribution in [1.82, 2.24) is 5.43 Å². The molecule has 3 aromatic carbocycles. The van der Waals surface area contributed by atoms with Gasteiger partial charge in [-0.3, -0.25) is 4.79 Å². The molecule has 0 fully saturated rings. The minimum Gasteiger partial charge on any atom is -0.483 e. The molecule has 6 nitrogen and oxygen atoms in total. The van der Waals surface area contributed by atoms with Gasteiger partial charge in [0.15, 0.2) is 6.61 Å². The number of amides is 1. The number of hydrazone groups is 1. The van der Waals surface area contributed by atoms with Gasteiger partial charge in [0, 0.05) is 10.0 Å². The lowest BCUT2D eigenvalue weighted by molar-refractivity contribution is -0.123. The number of benzene rings is 3. The normalized spacial score (nSPS) is 10.7. The molecule has 0 radical (unpaired) electrons. The standard InChI is InChI=1S/C24H21BrN2O4/c1-16-6-5-8-18(12-16)24(29)31-22-11-10-20(25)13-19(22)14-26-27-23(28)15-30-21-9-4-3-7-17(21)2/h3-14H,15H2,1-2H3,(H,27,28)/b26-14-. The zero-order valence-electron chi connectivity index (χ0n) is 17.1. The number of aryl methyl sites for hydroxylation is 2. The Morgan fingerprint density at radius 3 is 2.58 bits per heavy atom. The third-order valence-electron chi connectivity index (χ3n) is 4.27. The first-order chi connectivity index (χ1) is 14.9. The fraction of sp³-hybridized carbons (Fsp3) is 0.125. The van der Waals surface area contributed by atoms with E-state index in [0.29, 0.717) is 22.6 Å². The summed E-state index contributed by atoms with van der Waals surface area (Å²) in [6.45, 7) is 3.63. The SMILES string of the molecule is Cc1cccc(C(=O)Oc2ccc(Br)cc2/C=N\NC(=O)COc2ccccc2C)c1. The molecule has 0 saturated heterocycles. The second-order valence-electron chi connectivity index (χ2n) is 6.79. The van der Waals surface area contributed by atoms with Crippen molar-refractivity contribution < 1.29 is 19.1 Å². The van der Waals surface area contributed by atoms with Gasteiger partial charge in [-0.2, -0.15) is 5.10 Å². The average molecular weight is 481 g/mol. The van der Waals surface area contributed by atoms with E-state index in [1.807, 2.05) is 38.1 Å². The number of rotatable bonds is 7. The molecule has 0 aliphatic carbocycles. The summed E-state index contributed by atoms with van der Waals surface area (Å²) < 4.78 is 11.8. The summed E-state index contributed by atoms with van der Waals surface area (Å²) in [6, 6.07) is 19.7. The Hall–Kier alpha value is -3.45. The monoisotopic (exact) mass is 480 g/mol. The summed E-state index contributed by atoms with van der Waals surface area (Å²) in [5.74, 6) is 0.0759. The van der Waals surface area contributed by atoms with Crippen LogP contribution in [0.3, 0.4) is 0 Å². The van der Waals surface area contributed by atoms with Crippen LogP contribution in [0, 0.1) is 13.8 Å². The van der Waals surface area contributed by atoms with Crippen LogP contribution >= 0.6 is 15.9 Å². The van der Waals surface area contributed by atoms with Crippen molar-refractivity contribution in [2.75, 3.05) is 6.61 Å². The van der Waals surface area contributed by atoms with Crippen molar-refractivity contribution in [3.63, 3.8) is 0 Å². The van der Waals surface area contributed by atoms with Crippen LogP contribution in [0.4, 0.5) is 0 Å². The average Bonchev–Trinajstić information content (AvgIpc) is 2.75. The molecule has 0 saturated carbocycles. The summed E-state index contributed by atoms with van der Waals surface area (Å²) >= 11 is 3.39. The van der Waals surface area contributed by atoms with Gasteiger partial charge in [-0.25, -0.2) is 10.2 Å². The number of carbonyl (C=O) groups excluding carboxylic acids is 2. The Labute approximate surface area is 189 Å². The number of hydrogen-bond acceptors (Lipinski definition) is 5. The highest BCUT2D eigenvalue weighted by atomic mass is 79.9. The fourth-order valence-corrected chi connectivity index (χ4v) is 3.09. The maximum atomic E-state index is 12.5. The van der Waals surface area contributed by atoms with E-state index in [-0.39, 0.29) is 6.61 Å². The third kappa shape index (κ3) is 6.52. The maximum Gasteiger partial charge on any atom is 0.343 e. The number of halogens is 1. The van der Waals surface area contributed by atoms with Crippen molar-refractivity contribution in [2.45, 2.75) is 13.8 Å². The summed E-state index contributed by atoms with van der Waals surface area (Å²) in [6.07, 6.45) is 1.41. The maximum absolute atomic E-state index is 12.5. The van der Waals surface area contributed by atoms with Gasteiger partial charge in [-0.15, -0.1) is 0 Å². The van der Waals surface area contributed by atoms with Crippen LogP contribution in [-0.2, 0) is 4.79 Å². The van der Waals surface area contributed by atoms with E-state index in [2.05, 4.69) is 26.5 Å². The second kappa shape index (κ2) is 10.5. The minimum atomic E-state index is -0.476. The topological polar surface area (TPSA) is 77.0 Å². The van der Waals surface area contributed by atoms with Crippen molar-refractivity contribution in [3.05, 3.63) is 93.5 Å². The molecule has 0 heterocycles. The van der Waals surface area contributed by atoms with E-state index in [9.17, 15) is 9.59 Å². The van der Waals surface area contributed by atoms with Gasteiger partial charge in [0.05, 0.1) is 11.8 Å². The van der Waals surface area contributed by atoms with Crippen LogP contribution in [0.15, 0.2) is 76.3 Å². The zero-order valence-corrected chi connectivity index (χ0v) is 18.7. The van der Waals surface area contributed by atoms with E-state index in [0.717, 1.165) is 15.6 Å². The molecule has 31 heavy (non-hydrogen) atoms. The molecule has 3 rings (SSSR count). The van der Waals surface area contributed by atoms with E-state index in [4.69, 9.17) is 9.47 Å². The van der Waals surface area contributed by atoms with Crippen molar-refractivity contribution in [2.24, 2.45) is 5.10 Å². The smallest absolute Gasteiger partial charge is 0.343 e. The molecule has 0 atom stereocenters. The predicted molar refractivity (Wildman–Crippen MR) is 123 cm³/mol. The molecular weight excluding hydrogens is 460 g/mol. The van der Waals surface area contributed by atoms with Gasteiger partial charge in [-0.1, -0.05) is 51.8 Å².